The van der Waals surface area contributed by atoms with Crippen molar-refractivity contribution in [2.75, 3.05) is 6.54 Å². The normalized spacial score (nSPS) is 10.2. The number of carbonyl (C=O) groups excluding carboxylic acids is 1. The molecule has 0 unspecified atom stereocenters. The fourth-order valence-electron chi connectivity index (χ4n) is 1.39. The predicted octanol–water partition coefficient (Wildman–Crippen LogP) is 2.94. The molecule has 0 fully saturated rings. The fourth-order valence-corrected chi connectivity index (χ4v) is 1.58. The standard InChI is InChI=1S/C12H15ClFNO/c1-2-3-12(16)15-7-6-9-8-10(13)4-5-11(9)14/h4-5,8H,2-3,6-7H2,1H3,(H,15,16). The third-order valence-corrected chi connectivity index (χ3v) is 2.44. The molecule has 0 saturated carbocycles. The van der Waals surface area contributed by atoms with Crippen LogP contribution < -0.4 is 5.32 Å². The molecule has 1 N–H and O–H groups in total. The second kappa shape index (κ2) is 6.48. The zero-order valence-corrected chi connectivity index (χ0v) is 9.98. The largest absolute Gasteiger partial charge is 0.356 e. The molecule has 4 heteroatoms. The summed E-state index contributed by atoms with van der Waals surface area (Å²) < 4.78 is 13.3. The Labute approximate surface area is 99.8 Å². The van der Waals surface area contributed by atoms with Crippen molar-refractivity contribution in [2.24, 2.45) is 0 Å². The number of rotatable bonds is 5. The van der Waals surface area contributed by atoms with E-state index in [4.69, 9.17) is 11.6 Å². The number of benzene rings is 1. The molecule has 0 saturated heterocycles. The lowest BCUT2D eigenvalue weighted by molar-refractivity contribution is -0.121. The van der Waals surface area contributed by atoms with Gasteiger partial charge in [-0.1, -0.05) is 18.5 Å². The summed E-state index contributed by atoms with van der Waals surface area (Å²) in [7, 11) is 0. The third-order valence-electron chi connectivity index (χ3n) is 2.20. The number of hydrogen-bond donors (Lipinski definition) is 1. The predicted molar refractivity (Wildman–Crippen MR) is 63.0 cm³/mol. The third kappa shape index (κ3) is 4.19. The molecule has 1 aromatic rings. The minimum absolute atomic E-state index is 0.00457. The highest BCUT2D eigenvalue weighted by molar-refractivity contribution is 6.30. The molecule has 0 spiro atoms. The van der Waals surface area contributed by atoms with Crippen molar-refractivity contribution in [3.8, 4) is 0 Å². The molecule has 88 valence electrons. The van der Waals surface area contributed by atoms with Gasteiger partial charge in [-0.25, -0.2) is 4.39 Å². The maximum atomic E-state index is 13.3. The Bertz CT molecular complexity index is 368. The van der Waals surface area contributed by atoms with Crippen molar-refractivity contribution in [3.05, 3.63) is 34.6 Å². The second-order valence-corrected chi connectivity index (χ2v) is 4.02. The Morgan fingerprint density at radius 3 is 2.94 bits per heavy atom. The van der Waals surface area contributed by atoms with E-state index in [2.05, 4.69) is 5.32 Å². The summed E-state index contributed by atoms with van der Waals surface area (Å²) in [6.07, 6.45) is 1.79. The van der Waals surface area contributed by atoms with Crippen LogP contribution in [-0.2, 0) is 11.2 Å². The van der Waals surface area contributed by atoms with Crippen molar-refractivity contribution >= 4 is 17.5 Å². The summed E-state index contributed by atoms with van der Waals surface area (Å²) >= 11 is 5.75. The van der Waals surface area contributed by atoms with Crippen LogP contribution in [0.5, 0.6) is 0 Å². The van der Waals surface area contributed by atoms with Gasteiger partial charge < -0.3 is 5.32 Å². The minimum Gasteiger partial charge on any atom is -0.356 e. The molecule has 0 radical (unpaired) electrons. The summed E-state index contributed by atoms with van der Waals surface area (Å²) in [5, 5.41) is 3.24. The van der Waals surface area contributed by atoms with E-state index in [-0.39, 0.29) is 11.7 Å². The average Bonchev–Trinajstić information content (AvgIpc) is 2.23. The summed E-state index contributed by atoms with van der Waals surface area (Å²) in [6, 6.07) is 4.43. The lowest BCUT2D eigenvalue weighted by Gasteiger charge is -2.05. The van der Waals surface area contributed by atoms with Gasteiger partial charge in [0.15, 0.2) is 0 Å². The molecule has 0 atom stereocenters. The van der Waals surface area contributed by atoms with Gasteiger partial charge >= 0.3 is 0 Å². The summed E-state index contributed by atoms with van der Waals surface area (Å²) in [5.74, 6) is -0.279. The molecule has 0 aliphatic rings. The van der Waals surface area contributed by atoms with Crippen LogP contribution in [0.2, 0.25) is 5.02 Å². The Morgan fingerprint density at radius 1 is 1.50 bits per heavy atom. The van der Waals surface area contributed by atoms with E-state index < -0.39 is 0 Å². The van der Waals surface area contributed by atoms with Crippen LogP contribution >= 0.6 is 11.6 Å². The van der Waals surface area contributed by atoms with Crippen LogP contribution in [0, 0.1) is 5.82 Å². The lowest BCUT2D eigenvalue weighted by atomic mass is 10.1. The van der Waals surface area contributed by atoms with Gasteiger partial charge in [-0.3, -0.25) is 4.79 Å². The molecule has 0 aliphatic carbocycles. The highest BCUT2D eigenvalue weighted by Crippen LogP contribution is 2.14. The summed E-state index contributed by atoms with van der Waals surface area (Å²) in [6.45, 7) is 2.38. The SMILES string of the molecule is CCCC(=O)NCCc1cc(Cl)ccc1F. The first-order valence-corrected chi connectivity index (χ1v) is 5.72. The molecule has 0 heterocycles. The molecular weight excluding hydrogens is 229 g/mol. The minimum atomic E-state index is -0.283. The second-order valence-electron chi connectivity index (χ2n) is 3.59. The summed E-state index contributed by atoms with van der Waals surface area (Å²) in [4.78, 5) is 11.2. The monoisotopic (exact) mass is 243 g/mol. The average molecular weight is 244 g/mol. The molecule has 0 aliphatic heterocycles. The highest BCUT2D eigenvalue weighted by atomic mass is 35.5. The van der Waals surface area contributed by atoms with Gasteiger partial charge in [0.2, 0.25) is 5.91 Å². The Morgan fingerprint density at radius 2 is 2.25 bits per heavy atom. The lowest BCUT2D eigenvalue weighted by Crippen LogP contribution is -2.25. The quantitative estimate of drug-likeness (QED) is 0.847. The van der Waals surface area contributed by atoms with Crippen LogP contribution in [-0.4, -0.2) is 12.5 Å². The van der Waals surface area contributed by atoms with Crippen LogP contribution in [0.1, 0.15) is 25.3 Å². The van der Waals surface area contributed by atoms with Crippen molar-refractivity contribution in [1.82, 2.24) is 5.32 Å². The van der Waals surface area contributed by atoms with Gasteiger partial charge in [0.25, 0.3) is 0 Å². The van der Waals surface area contributed by atoms with Crippen molar-refractivity contribution in [2.45, 2.75) is 26.2 Å². The topological polar surface area (TPSA) is 29.1 Å². The van der Waals surface area contributed by atoms with Gasteiger partial charge in [0.1, 0.15) is 5.82 Å². The van der Waals surface area contributed by atoms with Gasteiger partial charge in [-0.15, -0.1) is 0 Å². The molecule has 16 heavy (non-hydrogen) atoms. The first-order valence-electron chi connectivity index (χ1n) is 5.34. The maximum absolute atomic E-state index is 13.3. The maximum Gasteiger partial charge on any atom is 0.219 e. The molecular formula is C12H15ClFNO. The van der Waals surface area contributed by atoms with Crippen LogP contribution in [0.4, 0.5) is 4.39 Å². The number of nitrogens with one attached hydrogen (secondary N) is 1. The van der Waals surface area contributed by atoms with Crippen molar-refractivity contribution in [3.63, 3.8) is 0 Å². The van der Waals surface area contributed by atoms with Gasteiger partial charge in [0, 0.05) is 18.0 Å². The number of amides is 1. The molecule has 1 aromatic carbocycles. The summed E-state index contributed by atoms with van der Waals surface area (Å²) in [5.41, 5.74) is 0.532. The van der Waals surface area contributed by atoms with E-state index >= 15 is 0 Å². The zero-order chi connectivity index (χ0) is 12.0. The van der Waals surface area contributed by atoms with E-state index in [9.17, 15) is 9.18 Å². The molecule has 1 rings (SSSR count). The molecule has 2 nitrogen and oxygen atoms in total. The van der Waals surface area contributed by atoms with E-state index in [0.29, 0.717) is 30.0 Å². The van der Waals surface area contributed by atoms with Crippen LogP contribution in [0.25, 0.3) is 0 Å². The van der Waals surface area contributed by atoms with Crippen molar-refractivity contribution in [1.29, 1.82) is 0 Å². The number of hydrogen-bond acceptors (Lipinski definition) is 1. The van der Waals surface area contributed by atoms with E-state index in [1.165, 1.54) is 12.1 Å². The number of carbonyl (C=O) groups is 1. The van der Waals surface area contributed by atoms with E-state index in [1.54, 1.807) is 6.07 Å². The van der Waals surface area contributed by atoms with Crippen LogP contribution in [0.3, 0.4) is 0 Å². The number of halogens is 2. The molecule has 1 amide bonds. The van der Waals surface area contributed by atoms with Gasteiger partial charge in [0.05, 0.1) is 0 Å². The molecule has 0 aromatic heterocycles. The molecule has 0 bridgehead atoms. The smallest absolute Gasteiger partial charge is 0.219 e. The van der Waals surface area contributed by atoms with Crippen molar-refractivity contribution < 1.29 is 9.18 Å². The first kappa shape index (κ1) is 13.0. The van der Waals surface area contributed by atoms with Crippen LogP contribution in [0.15, 0.2) is 18.2 Å². The Hall–Kier alpha value is -1.09. The Kier molecular flexibility index (Phi) is 5.26. The van der Waals surface area contributed by atoms with E-state index in [0.717, 1.165) is 6.42 Å². The first-order chi connectivity index (χ1) is 7.63. The Balaban J connectivity index is 2.42. The zero-order valence-electron chi connectivity index (χ0n) is 9.22. The fraction of sp³-hybridized carbons (Fsp3) is 0.417. The van der Waals surface area contributed by atoms with Gasteiger partial charge in [-0.2, -0.15) is 0 Å². The van der Waals surface area contributed by atoms with E-state index in [1.807, 2.05) is 6.92 Å². The highest BCUT2D eigenvalue weighted by Gasteiger charge is 2.04. The van der Waals surface area contributed by atoms with Gasteiger partial charge in [-0.05, 0) is 36.6 Å².